The Morgan fingerprint density at radius 2 is 2.22 bits per heavy atom. The number of aryl methyl sites for hydroxylation is 1. The first-order chi connectivity index (χ1) is 11.1. The fraction of sp³-hybridized carbons (Fsp3) is 0.133. The van der Waals surface area contributed by atoms with Crippen LogP contribution in [0.3, 0.4) is 0 Å². The van der Waals surface area contributed by atoms with Gasteiger partial charge in [-0.15, -0.1) is 0 Å². The molecule has 0 aromatic carbocycles. The van der Waals surface area contributed by atoms with Crippen LogP contribution in [0, 0.1) is 6.92 Å². The van der Waals surface area contributed by atoms with E-state index < -0.39 is 11.5 Å². The zero-order valence-corrected chi connectivity index (χ0v) is 12.4. The normalized spacial score (nSPS) is 10.5. The monoisotopic (exact) mass is 310 g/mol. The second-order valence-electron chi connectivity index (χ2n) is 4.89. The second kappa shape index (κ2) is 6.22. The van der Waals surface area contributed by atoms with Gasteiger partial charge in [-0.2, -0.15) is 5.10 Å². The molecule has 3 rings (SSSR count). The Bertz CT molecular complexity index is 885. The van der Waals surface area contributed by atoms with Gasteiger partial charge in [-0.05, 0) is 25.1 Å². The predicted molar refractivity (Wildman–Crippen MR) is 82.1 cm³/mol. The molecule has 3 heterocycles. The molecule has 0 atom stereocenters. The molecule has 0 saturated carbocycles. The molecule has 2 N–H and O–H groups in total. The lowest BCUT2D eigenvalue weighted by molar-refractivity contribution is 0.0949. The molecule has 23 heavy (non-hydrogen) atoms. The third kappa shape index (κ3) is 3.15. The zero-order valence-electron chi connectivity index (χ0n) is 12.4. The number of aromatic nitrogens is 5. The van der Waals surface area contributed by atoms with Gasteiger partial charge in [-0.25, -0.2) is 14.6 Å². The summed E-state index contributed by atoms with van der Waals surface area (Å²) in [6.07, 6.45) is 4.56. The number of carbonyl (C=O) groups excluding carboxylic acids is 1. The van der Waals surface area contributed by atoms with Crippen LogP contribution in [0.2, 0.25) is 0 Å². The number of H-pyrrole nitrogens is 1. The first-order valence-corrected chi connectivity index (χ1v) is 6.92. The number of rotatable bonds is 4. The van der Waals surface area contributed by atoms with Crippen LogP contribution < -0.4 is 10.9 Å². The van der Waals surface area contributed by atoms with Crippen LogP contribution in [0.25, 0.3) is 5.82 Å². The van der Waals surface area contributed by atoms with Gasteiger partial charge in [0, 0.05) is 24.0 Å². The van der Waals surface area contributed by atoms with Crippen molar-refractivity contribution in [1.29, 1.82) is 0 Å². The van der Waals surface area contributed by atoms with E-state index in [2.05, 4.69) is 25.4 Å². The number of amides is 1. The summed E-state index contributed by atoms with van der Waals surface area (Å²) in [6, 6.07) is 6.77. The van der Waals surface area contributed by atoms with Crippen LogP contribution in [0.15, 0.2) is 47.9 Å². The SMILES string of the molecule is Cc1ccc(C(=O)NCc2cccnc2-n2cncn2)c(=O)[nH]1. The van der Waals surface area contributed by atoms with E-state index in [9.17, 15) is 9.59 Å². The van der Waals surface area contributed by atoms with Crippen LogP contribution >= 0.6 is 0 Å². The van der Waals surface area contributed by atoms with Gasteiger partial charge in [0.1, 0.15) is 18.2 Å². The molecule has 8 nitrogen and oxygen atoms in total. The maximum Gasteiger partial charge on any atom is 0.260 e. The number of pyridine rings is 2. The van der Waals surface area contributed by atoms with Gasteiger partial charge in [0.25, 0.3) is 11.5 Å². The fourth-order valence-electron chi connectivity index (χ4n) is 2.11. The maximum atomic E-state index is 12.2. The van der Waals surface area contributed by atoms with E-state index in [4.69, 9.17) is 0 Å². The van der Waals surface area contributed by atoms with Crippen molar-refractivity contribution >= 4 is 5.91 Å². The summed E-state index contributed by atoms with van der Waals surface area (Å²) in [5.74, 6) is 0.128. The molecule has 0 bridgehead atoms. The molecule has 3 aromatic rings. The molecule has 8 heteroatoms. The second-order valence-corrected chi connectivity index (χ2v) is 4.89. The summed E-state index contributed by atoms with van der Waals surface area (Å²) < 4.78 is 1.51. The molecule has 0 aliphatic carbocycles. The molecule has 0 aliphatic heterocycles. The molecule has 0 aliphatic rings. The highest BCUT2D eigenvalue weighted by atomic mass is 16.2. The molecule has 3 aromatic heterocycles. The van der Waals surface area contributed by atoms with E-state index in [0.717, 1.165) is 5.56 Å². The number of nitrogens with one attached hydrogen (secondary N) is 2. The fourth-order valence-corrected chi connectivity index (χ4v) is 2.11. The molecule has 1 amide bonds. The number of hydrogen-bond donors (Lipinski definition) is 2. The van der Waals surface area contributed by atoms with Crippen LogP contribution in [0.1, 0.15) is 21.6 Å². The first kappa shape index (κ1) is 14.6. The Kier molecular flexibility index (Phi) is 3.96. The van der Waals surface area contributed by atoms with Crippen molar-refractivity contribution < 1.29 is 4.79 Å². The smallest absolute Gasteiger partial charge is 0.260 e. The summed E-state index contributed by atoms with van der Waals surface area (Å²) in [5, 5.41) is 6.75. The van der Waals surface area contributed by atoms with E-state index in [1.807, 2.05) is 6.07 Å². The Morgan fingerprint density at radius 3 is 2.96 bits per heavy atom. The molecule has 0 fully saturated rings. The van der Waals surface area contributed by atoms with E-state index in [1.54, 1.807) is 25.3 Å². The van der Waals surface area contributed by atoms with Gasteiger partial charge in [-0.3, -0.25) is 9.59 Å². The van der Waals surface area contributed by atoms with Gasteiger partial charge in [-0.1, -0.05) is 6.07 Å². The molecular formula is C15H14N6O2. The Labute approximate surface area is 131 Å². The topological polar surface area (TPSA) is 106 Å². The lowest BCUT2D eigenvalue weighted by Gasteiger charge is -2.09. The summed E-state index contributed by atoms with van der Waals surface area (Å²) in [7, 11) is 0. The third-order valence-corrected chi connectivity index (χ3v) is 3.24. The summed E-state index contributed by atoms with van der Waals surface area (Å²) in [6.45, 7) is 1.97. The number of aromatic amines is 1. The molecular weight excluding hydrogens is 296 g/mol. The molecule has 116 valence electrons. The van der Waals surface area contributed by atoms with E-state index in [1.165, 1.54) is 23.4 Å². The van der Waals surface area contributed by atoms with Crippen LogP contribution in [-0.2, 0) is 6.54 Å². The van der Waals surface area contributed by atoms with Crippen LogP contribution in [0.5, 0.6) is 0 Å². The minimum Gasteiger partial charge on any atom is -0.348 e. The van der Waals surface area contributed by atoms with Gasteiger partial charge in [0.15, 0.2) is 5.82 Å². The number of carbonyl (C=O) groups is 1. The summed E-state index contributed by atoms with van der Waals surface area (Å²) in [5.41, 5.74) is 1.12. The van der Waals surface area contributed by atoms with Crippen molar-refractivity contribution in [2.24, 2.45) is 0 Å². The minimum absolute atomic E-state index is 0.0711. The largest absolute Gasteiger partial charge is 0.348 e. The standard InChI is InChI=1S/C15H14N6O2/c1-10-4-5-12(15(23)20-10)14(22)18-7-11-3-2-6-17-13(11)21-9-16-8-19-21/h2-6,8-9H,7H2,1H3,(H,18,22)(H,20,23). The van der Waals surface area contributed by atoms with Gasteiger partial charge >= 0.3 is 0 Å². The highest BCUT2D eigenvalue weighted by Crippen LogP contribution is 2.09. The molecule has 0 radical (unpaired) electrons. The van der Waals surface area contributed by atoms with Crippen molar-refractivity contribution in [3.63, 3.8) is 0 Å². The van der Waals surface area contributed by atoms with Crippen molar-refractivity contribution in [3.05, 3.63) is 70.3 Å². The third-order valence-electron chi connectivity index (χ3n) is 3.24. The van der Waals surface area contributed by atoms with E-state index >= 15 is 0 Å². The lowest BCUT2D eigenvalue weighted by atomic mass is 10.2. The quantitative estimate of drug-likeness (QED) is 0.733. The predicted octanol–water partition coefficient (Wildman–Crippen LogP) is 0.589. The van der Waals surface area contributed by atoms with Crippen molar-refractivity contribution in [2.45, 2.75) is 13.5 Å². The Hall–Kier alpha value is -3.29. The van der Waals surface area contributed by atoms with E-state index in [0.29, 0.717) is 11.5 Å². The zero-order chi connectivity index (χ0) is 16.2. The average molecular weight is 310 g/mol. The van der Waals surface area contributed by atoms with Gasteiger partial charge < -0.3 is 10.3 Å². The lowest BCUT2D eigenvalue weighted by Crippen LogP contribution is -2.29. The molecule has 0 saturated heterocycles. The molecule has 0 unspecified atom stereocenters. The van der Waals surface area contributed by atoms with Crippen LogP contribution in [0.4, 0.5) is 0 Å². The first-order valence-electron chi connectivity index (χ1n) is 6.92. The van der Waals surface area contributed by atoms with Crippen molar-refractivity contribution in [1.82, 2.24) is 30.0 Å². The Balaban J connectivity index is 1.79. The highest BCUT2D eigenvalue weighted by Gasteiger charge is 2.12. The van der Waals surface area contributed by atoms with Gasteiger partial charge in [0.2, 0.25) is 0 Å². The Morgan fingerprint density at radius 1 is 1.35 bits per heavy atom. The van der Waals surface area contributed by atoms with E-state index in [-0.39, 0.29) is 12.1 Å². The summed E-state index contributed by atoms with van der Waals surface area (Å²) in [4.78, 5) is 34.7. The van der Waals surface area contributed by atoms with Crippen molar-refractivity contribution in [3.8, 4) is 5.82 Å². The average Bonchev–Trinajstić information content (AvgIpc) is 3.07. The van der Waals surface area contributed by atoms with Crippen molar-refractivity contribution in [2.75, 3.05) is 0 Å². The minimum atomic E-state index is -0.445. The highest BCUT2D eigenvalue weighted by molar-refractivity contribution is 5.93. The number of nitrogens with zero attached hydrogens (tertiary/aromatic N) is 4. The molecule has 0 spiro atoms. The summed E-state index contributed by atoms with van der Waals surface area (Å²) >= 11 is 0. The van der Waals surface area contributed by atoms with Crippen LogP contribution in [-0.4, -0.2) is 30.6 Å². The maximum absolute atomic E-state index is 12.2. The van der Waals surface area contributed by atoms with Gasteiger partial charge in [0.05, 0.1) is 0 Å². The number of hydrogen-bond acceptors (Lipinski definition) is 5.